The summed E-state index contributed by atoms with van der Waals surface area (Å²) in [5.41, 5.74) is 1.13. The lowest BCUT2D eigenvalue weighted by molar-refractivity contribution is -0.141. The van der Waals surface area contributed by atoms with Crippen LogP contribution in [-0.2, 0) is 16.0 Å². The number of rotatable bonds is 8. The minimum Gasteiger partial charge on any atom is -0.493 e. The molecule has 0 spiro atoms. The van der Waals surface area contributed by atoms with Gasteiger partial charge >= 0.3 is 5.97 Å². The number of benzene rings is 1. The van der Waals surface area contributed by atoms with Crippen LogP contribution in [0.2, 0.25) is 0 Å². The first-order chi connectivity index (χ1) is 10.0. The van der Waals surface area contributed by atoms with Gasteiger partial charge < -0.3 is 18.9 Å². The maximum Gasteiger partial charge on any atom is 0.302 e. The SMILES string of the molecule is COc1cc(CCCCOC(C)=O)c(I)c(OC)c1OC. The summed E-state index contributed by atoms with van der Waals surface area (Å²) in [6.45, 7) is 1.87. The molecule has 5 nitrogen and oxygen atoms in total. The third-order valence-electron chi connectivity index (χ3n) is 2.99. The molecule has 0 aromatic heterocycles. The molecule has 0 heterocycles. The van der Waals surface area contributed by atoms with Crippen molar-refractivity contribution < 1.29 is 23.7 Å². The van der Waals surface area contributed by atoms with Gasteiger partial charge in [-0.25, -0.2) is 0 Å². The van der Waals surface area contributed by atoms with E-state index < -0.39 is 0 Å². The van der Waals surface area contributed by atoms with Gasteiger partial charge in [0.15, 0.2) is 11.5 Å². The van der Waals surface area contributed by atoms with Gasteiger partial charge in [-0.05, 0) is 53.5 Å². The molecule has 118 valence electrons. The first kappa shape index (κ1) is 17.9. The van der Waals surface area contributed by atoms with Crippen molar-refractivity contribution in [3.05, 3.63) is 15.2 Å². The Kier molecular flexibility index (Phi) is 7.63. The van der Waals surface area contributed by atoms with E-state index in [1.807, 2.05) is 6.07 Å². The number of hydrogen-bond donors (Lipinski definition) is 0. The lowest BCUT2D eigenvalue weighted by atomic mass is 10.1. The predicted molar refractivity (Wildman–Crippen MR) is 88.4 cm³/mol. The minimum atomic E-state index is -0.239. The standard InChI is InChI=1S/C15H21IO5/c1-10(17)21-8-6-5-7-11-9-12(18-2)14(19-3)15(20-4)13(11)16/h9H,5-8H2,1-4H3. The van der Waals surface area contributed by atoms with Gasteiger partial charge in [-0.3, -0.25) is 4.79 Å². The fraction of sp³-hybridized carbons (Fsp3) is 0.533. The van der Waals surface area contributed by atoms with Crippen molar-refractivity contribution in [2.45, 2.75) is 26.2 Å². The number of methoxy groups -OCH3 is 3. The normalized spacial score (nSPS) is 10.1. The van der Waals surface area contributed by atoms with Crippen LogP contribution in [0.15, 0.2) is 6.07 Å². The Morgan fingerprint density at radius 1 is 1.10 bits per heavy atom. The highest BCUT2D eigenvalue weighted by atomic mass is 127. The molecule has 0 amide bonds. The van der Waals surface area contributed by atoms with Gasteiger partial charge in [-0.15, -0.1) is 0 Å². The van der Waals surface area contributed by atoms with Crippen LogP contribution in [0.5, 0.6) is 17.2 Å². The zero-order valence-corrected chi connectivity index (χ0v) is 15.0. The monoisotopic (exact) mass is 408 g/mol. The summed E-state index contributed by atoms with van der Waals surface area (Å²) in [5.74, 6) is 1.71. The molecule has 0 atom stereocenters. The second-order valence-electron chi connectivity index (χ2n) is 4.42. The Morgan fingerprint density at radius 3 is 2.29 bits per heavy atom. The first-order valence-corrected chi connectivity index (χ1v) is 7.73. The molecule has 0 bridgehead atoms. The number of esters is 1. The zero-order chi connectivity index (χ0) is 15.8. The fourth-order valence-electron chi connectivity index (χ4n) is 1.99. The van der Waals surface area contributed by atoms with Crippen LogP contribution in [0.3, 0.4) is 0 Å². The number of aryl methyl sites for hydroxylation is 1. The lowest BCUT2D eigenvalue weighted by Gasteiger charge is -2.16. The average Bonchev–Trinajstić information content (AvgIpc) is 2.47. The average molecular weight is 408 g/mol. The molecular formula is C15H21IO5. The predicted octanol–water partition coefficient (Wildman–Crippen LogP) is 3.20. The molecule has 0 aliphatic carbocycles. The molecular weight excluding hydrogens is 387 g/mol. The van der Waals surface area contributed by atoms with E-state index in [0.717, 1.165) is 28.4 Å². The molecule has 0 aliphatic heterocycles. The number of carbonyl (C=O) groups is 1. The van der Waals surface area contributed by atoms with Gasteiger partial charge in [0.2, 0.25) is 5.75 Å². The molecule has 6 heteroatoms. The number of unbranched alkanes of at least 4 members (excludes halogenated alkanes) is 1. The highest BCUT2D eigenvalue weighted by Crippen LogP contribution is 2.42. The van der Waals surface area contributed by atoms with Crippen LogP contribution in [0.4, 0.5) is 0 Å². The van der Waals surface area contributed by atoms with Crippen LogP contribution in [-0.4, -0.2) is 33.9 Å². The van der Waals surface area contributed by atoms with Crippen LogP contribution >= 0.6 is 22.6 Å². The Balaban J connectivity index is 2.80. The van der Waals surface area contributed by atoms with E-state index in [0.29, 0.717) is 23.9 Å². The van der Waals surface area contributed by atoms with Crippen LogP contribution < -0.4 is 14.2 Å². The van der Waals surface area contributed by atoms with Crippen molar-refractivity contribution in [1.82, 2.24) is 0 Å². The molecule has 0 aliphatic rings. The second-order valence-corrected chi connectivity index (χ2v) is 5.49. The zero-order valence-electron chi connectivity index (χ0n) is 12.8. The number of halogens is 1. The first-order valence-electron chi connectivity index (χ1n) is 6.65. The molecule has 0 fully saturated rings. The van der Waals surface area contributed by atoms with E-state index >= 15 is 0 Å². The molecule has 1 rings (SSSR count). The van der Waals surface area contributed by atoms with Gasteiger partial charge in [0, 0.05) is 6.92 Å². The maximum atomic E-state index is 10.7. The summed E-state index contributed by atoms with van der Waals surface area (Å²) in [5, 5.41) is 0. The summed E-state index contributed by atoms with van der Waals surface area (Å²) in [6, 6.07) is 1.97. The molecule has 0 saturated carbocycles. The minimum absolute atomic E-state index is 0.239. The number of ether oxygens (including phenoxy) is 4. The molecule has 21 heavy (non-hydrogen) atoms. The molecule has 0 saturated heterocycles. The number of carbonyl (C=O) groups excluding carboxylic acids is 1. The Bertz CT molecular complexity index is 487. The van der Waals surface area contributed by atoms with E-state index in [1.54, 1.807) is 21.3 Å². The highest BCUT2D eigenvalue weighted by Gasteiger charge is 2.18. The van der Waals surface area contributed by atoms with E-state index in [1.165, 1.54) is 6.92 Å². The summed E-state index contributed by atoms with van der Waals surface area (Å²) < 4.78 is 22.1. The van der Waals surface area contributed by atoms with Gasteiger partial charge in [0.1, 0.15) is 0 Å². The fourth-order valence-corrected chi connectivity index (χ4v) is 2.88. The largest absolute Gasteiger partial charge is 0.493 e. The Hall–Kier alpha value is -1.18. The van der Waals surface area contributed by atoms with Crippen LogP contribution in [0, 0.1) is 3.57 Å². The van der Waals surface area contributed by atoms with Crippen molar-refractivity contribution in [3.8, 4) is 17.2 Å². The topological polar surface area (TPSA) is 54.0 Å². The van der Waals surface area contributed by atoms with Gasteiger partial charge in [-0.1, -0.05) is 0 Å². The quantitative estimate of drug-likeness (QED) is 0.376. The Morgan fingerprint density at radius 2 is 1.76 bits per heavy atom. The third kappa shape index (κ3) is 4.94. The smallest absolute Gasteiger partial charge is 0.302 e. The molecule has 0 unspecified atom stereocenters. The van der Waals surface area contributed by atoms with Crippen LogP contribution in [0.1, 0.15) is 25.3 Å². The van der Waals surface area contributed by atoms with Crippen molar-refractivity contribution in [2.24, 2.45) is 0 Å². The molecule has 1 aromatic rings. The van der Waals surface area contributed by atoms with E-state index in [-0.39, 0.29) is 5.97 Å². The maximum absolute atomic E-state index is 10.7. The van der Waals surface area contributed by atoms with E-state index in [2.05, 4.69) is 22.6 Å². The number of hydrogen-bond acceptors (Lipinski definition) is 5. The summed E-state index contributed by atoms with van der Waals surface area (Å²) in [7, 11) is 4.81. The van der Waals surface area contributed by atoms with Gasteiger partial charge in [0.25, 0.3) is 0 Å². The van der Waals surface area contributed by atoms with Crippen molar-refractivity contribution in [1.29, 1.82) is 0 Å². The molecule has 0 N–H and O–H groups in total. The van der Waals surface area contributed by atoms with Gasteiger partial charge in [-0.2, -0.15) is 0 Å². The Labute approximate surface area is 139 Å². The summed E-state index contributed by atoms with van der Waals surface area (Å²) in [4.78, 5) is 10.7. The summed E-state index contributed by atoms with van der Waals surface area (Å²) in [6.07, 6.45) is 2.60. The third-order valence-corrected chi connectivity index (χ3v) is 4.17. The highest BCUT2D eigenvalue weighted by molar-refractivity contribution is 14.1. The van der Waals surface area contributed by atoms with Crippen LogP contribution in [0.25, 0.3) is 0 Å². The molecule has 1 aromatic carbocycles. The van der Waals surface area contributed by atoms with Crippen molar-refractivity contribution in [2.75, 3.05) is 27.9 Å². The molecule has 0 radical (unpaired) electrons. The van der Waals surface area contributed by atoms with Gasteiger partial charge in [0.05, 0.1) is 31.5 Å². The van der Waals surface area contributed by atoms with Crippen molar-refractivity contribution in [3.63, 3.8) is 0 Å². The van der Waals surface area contributed by atoms with E-state index in [9.17, 15) is 4.79 Å². The van der Waals surface area contributed by atoms with E-state index in [4.69, 9.17) is 18.9 Å². The lowest BCUT2D eigenvalue weighted by Crippen LogP contribution is -2.03. The van der Waals surface area contributed by atoms with Crippen molar-refractivity contribution >= 4 is 28.6 Å². The second kappa shape index (κ2) is 8.96. The summed E-state index contributed by atoms with van der Waals surface area (Å²) >= 11 is 2.25.